The molecule has 10 nitrogen and oxygen atoms in total. The molecule has 2 N–H and O–H groups in total. The van der Waals surface area contributed by atoms with E-state index in [0.717, 1.165) is 24.8 Å². The topological polar surface area (TPSA) is 128 Å². The van der Waals surface area contributed by atoms with Gasteiger partial charge in [0.15, 0.2) is 11.3 Å². The van der Waals surface area contributed by atoms with Crippen molar-refractivity contribution in [3.8, 4) is 11.7 Å². The van der Waals surface area contributed by atoms with Crippen LogP contribution in [-0.4, -0.2) is 46.8 Å². The number of H-pyrrole nitrogens is 1. The van der Waals surface area contributed by atoms with Gasteiger partial charge in [0.1, 0.15) is 23.4 Å². The number of carbonyl (C=O) groups is 1. The molecule has 1 aliphatic heterocycles. The first-order valence-corrected chi connectivity index (χ1v) is 11.6. The monoisotopic (exact) mass is 488 g/mol. The molecule has 1 aliphatic rings. The Kier molecular flexibility index (Phi) is 5.24. The van der Waals surface area contributed by atoms with Crippen molar-refractivity contribution in [1.29, 1.82) is 0 Å². The zero-order valence-corrected chi connectivity index (χ0v) is 19.0. The van der Waals surface area contributed by atoms with Gasteiger partial charge in [-0.25, -0.2) is 23.9 Å². The van der Waals surface area contributed by atoms with Gasteiger partial charge >= 0.3 is 11.7 Å². The van der Waals surface area contributed by atoms with E-state index >= 15 is 0 Å². The minimum atomic E-state index is -1.33. The fourth-order valence-corrected chi connectivity index (χ4v) is 4.79. The minimum absolute atomic E-state index is 0.0186. The fourth-order valence-electron chi connectivity index (χ4n) is 4.79. The number of halogens is 1. The number of imidazole rings is 2. The van der Waals surface area contributed by atoms with Crippen molar-refractivity contribution in [3.05, 3.63) is 76.4 Å². The Balaban J connectivity index is 1.62. The molecule has 0 fully saturated rings. The van der Waals surface area contributed by atoms with Crippen LogP contribution in [0.25, 0.3) is 28.1 Å². The molecule has 0 saturated heterocycles. The minimum Gasteiger partial charge on any atom is -0.493 e. The van der Waals surface area contributed by atoms with Crippen LogP contribution < -0.4 is 10.4 Å². The van der Waals surface area contributed by atoms with Crippen LogP contribution in [0.15, 0.2) is 53.6 Å². The number of aromatic amines is 1. The van der Waals surface area contributed by atoms with Crippen molar-refractivity contribution >= 4 is 28.2 Å². The van der Waals surface area contributed by atoms with Crippen LogP contribution in [0.2, 0.25) is 0 Å². The highest BCUT2D eigenvalue weighted by molar-refractivity contribution is 5.98. The summed E-state index contributed by atoms with van der Waals surface area (Å²) in [5, 5.41) is 9.92. The van der Waals surface area contributed by atoms with E-state index in [2.05, 4.69) is 19.9 Å². The van der Waals surface area contributed by atoms with Crippen LogP contribution in [-0.2, 0) is 0 Å². The van der Waals surface area contributed by atoms with Crippen LogP contribution >= 0.6 is 0 Å². The number of para-hydroxylation sites is 1. The highest BCUT2D eigenvalue weighted by atomic mass is 19.1. The first kappa shape index (κ1) is 22.0. The first-order valence-electron chi connectivity index (χ1n) is 11.6. The van der Waals surface area contributed by atoms with Gasteiger partial charge in [0.2, 0.25) is 5.95 Å². The van der Waals surface area contributed by atoms with Gasteiger partial charge in [-0.1, -0.05) is 24.6 Å². The number of carboxylic acid groups (broad SMARTS) is 1. The molecule has 182 valence electrons. The van der Waals surface area contributed by atoms with Crippen LogP contribution in [0.1, 0.15) is 47.8 Å². The summed E-state index contributed by atoms with van der Waals surface area (Å²) < 4.78 is 22.9. The van der Waals surface area contributed by atoms with Crippen molar-refractivity contribution in [2.45, 2.75) is 31.7 Å². The average molecular weight is 488 g/mol. The van der Waals surface area contributed by atoms with E-state index in [0.29, 0.717) is 29.8 Å². The standard InChI is InChI=1S/C25H21FN6O4/c26-14-9-10-16-18(12-14)31(13-27-16)24-28-21(23(33)34)20-22(30-24)32(25(35)29-20)17-7-2-1-5-11-36-19-8-4-3-6-15(17)19/h3-4,6,8-10,12-13,17H,1-2,5,7,11H2,(H,29,35)(H,33,34). The number of benzene rings is 2. The highest BCUT2D eigenvalue weighted by Crippen LogP contribution is 2.34. The van der Waals surface area contributed by atoms with Gasteiger partial charge < -0.3 is 14.8 Å². The van der Waals surface area contributed by atoms with E-state index < -0.39 is 23.5 Å². The van der Waals surface area contributed by atoms with Crippen molar-refractivity contribution in [3.63, 3.8) is 0 Å². The van der Waals surface area contributed by atoms with E-state index in [1.807, 2.05) is 24.3 Å². The molecule has 0 amide bonds. The molecule has 0 saturated carbocycles. The third-order valence-electron chi connectivity index (χ3n) is 6.45. The summed E-state index contributed by atoms with van der Waals surface area (Å²) in [5.74, 6) is -1.17. The van der Waals surface area contributed by atoms with E-state index in [1.165, 1.54) is 33.7 Å². The zero-order chi connectivity index (χ0) is 24.8. The maximum Gasteiger partial charge on any atom is 0.356 e. The molecule has 5 aromatic rings. The summed E-state index contributed by atoms with van der Waals surface area (Å²) in [6, 6.07) is 11.1. The molecule has 4 heterocycles. The average Bonchev–Trinajstić information content (AvgIpc) is 3.45. The number of aromatic nitrogens is 6. The van der Waals surface area contributed by atoms with Crippen LogP contribution in [0.3, 0.4) is 0 Å². The molecule has 3 aromatic heterocycles. The molecular formula is C25H21FN6O4. The van der Waals surface area contributed by atoms with Gasteiger partial charge in [-0.15, -0.1) is 0 Å². The first-order chi connectivity index (χ1) is 17.5. The van der Waals surface area contributed by atoms with E-state index in [1.54, 1.807) is 0 Å². The molecule has 1 unspecified atom stereocenters. The molecule has 6 rings (SSSR count). The highest BCUT2D eigenvalue weighted by Gasteiger charge is 2.27. The Hall–Kier alpha value is -4.54. The number of ether oxygens (including phenoxy) is 1. The maximum atomic E-state index is 14.0. The smallest absolute Gasteiger partial charge is 0.356 e. The van der Waals surface area contributed by atoms with E-state index in [-0.39, 0.29) is 22.8 Å². The summed E-state index contributed by atoms with van der Waals surface area (Å²) >= 11 is 0. The van der Waals surface area contributed by atoms with Gasteiger partial charge in [0.25, 0.3) is 0 Å². The van der Waals surface area contributed by atoms with Gasteiger partial charge in [-0.3, -0.25) is 9.13 Å². The molecule has 36 heavy (non-hydrogen) atoms. The zero-order valence-electron chi connectivity index (χ0n) is 19.0. The fraction of sp³-hybridized carbons (Fsp3) is 0.240. The summed E-state index contributed by atoms with van der Waals surface area (Å²) in [6.07, 6.45) is 4.69. The summed E-state index contributed by atoms with van der Waals surface area (Å²) in [5.41, 5.74) is 0.970. The van der Waals surface area contributed by atoms with E-state index in [4.69, 9.17) is 4.74 Å². The lowest BCUT2D eigenvalue weighted by Crippen LogP contribution is -2.24. The molecule has 11 heteroatoms. The second-order valence-corrected chi connectivity index (χ2v) is 8.68. The van der Waals surface area contributed by atoms with Crippen LogP contribution in [0.4, 0.5) is 4.39 Å². The molecule has 0 aliphatic carbocycles. The Labute approximate surface area is 203 Å². The lowest BCUT2D eigenvalue weighted by atomic mass is 9.99. The number of fused-ring (bicyclic) bond motifs is 3. The molecule has 2 aromatic carbocycles. The van der Waals surface area contributed by atoms with Gasteiger partial charge in [-0.2, -0.15) is 4.98 Å². The predicted octanol–water partition coefficient (Wildman–Crippen LogP) is 3.84. The van der Waals surface area contributed by atoms with Crippen LogP contribution in [0, 0.1) is 5.82 Å². The number of hydrogen-bond donors (Lipinski definition) is 2. The number of hydrogen-bond acceptors (Lipinski definition) is 6. The Bertz CT molecular complexity index is 1690. The Morgan fingerprint density at radius 1 is 1.14 bits per heavy atom. The summed E-state index contributed by atoms with van der Waals surface area (Å²) in [4.78, 5) is 41.2. The summed E-state index contributed by atoms with van der Waals surface area (Å²) in [6.45, 7) is 0.576. The normalized spacial score (nSPS) is 16.2. The number of nitrogens with one attached hydrogen (secondary N) is 1. The van der Waals surface area contributed by atoms with Gasteiger partial charge in [-0.05, 0) is 37.5 Å². The second kappa shape index (κ2) is 8.59. The van der Waals surface area contributed by atoms with Crippen LogP contribution in [0.5, 0.6) is 5.75 Å². The molecular weight excluding hydrogens is 467 g/mol. The van der Waals surface area contributed by atoms with Crippen molar-refractivity contribution in [1.82, 2.24) is 29.1 Å². The third-order valence-corrected chi connectivity index (χ3v) is 6.45. The molecule has 0 radical (unpaired) electrons. The summed E-state index contributed by atoms with van der Waals surface area (Å²) in [7, 11) is 0. The number of aromatic carboxylic acids is 1. The van der Waals surface area contributed by atoms with E-state index in [9.17, 15) is 19.1 Å². The van der Waals surface area contributed by atoms with Crippen molar-refractivity contribution < 1.29 is 19.0 Å². The largest absolute Gasteiger partial charge is 0.493 e. The second-order valence-electron chi connectivity index (χ2n) is 8.68. The molecule has 1 atom stereocenters. The van der Waals surface area contributed by atoms with Crippen molar-refractivity contribution in [2.24, 2.45) is 0 Å². The maximum absolute atomic E-state index is 14.0. The predicted molar refractivity (Wildman–Crippen MR) is 128 cm³/mol. The Morgan fingerprint density at radius 3 is 2.86 bits per heavy atom. The lowest BCUT2D eigenvalue weighted by molar-refractivity contribution is 0.0692. The van der Waals surface area contributed by atoms with Gasteiger partial charge in [0, 0.05) is 11.6 Å². The number of rotatable bonds is 3. The Morgan fingerprint density at radius 2 is 2.00 bits per heavy atom. The molecule has 0 bridgehead atoms. The third kappa shape index (κ3) is 3.60. The quantitative estimate of drug-likeness (QED) is 0.395. The van der Waals surface area contributed by atoms with Gasteiger partial charge in [0.05, 0.1) is 23.7 Å². The number of nitrogens with zero attached hydrogens (tertiary/aromatic N) is 5. The lowest BCUT2D eigenvalue weighted by Gasteiger charge is -2.20. The molecule has 0 spiro atoms. The van der Waals surface area contributed by atoms with Crippen molar-refractivity contribution in [2.75, 3.05) is 6.61 Å². The SMILES string of the molecule is O=C(O)c1nc(-n2cnc3ccc(F)cc32)nc2c1[nH]c(=O)n2C1CCCCCOc2ccccc21. The number of carboxylic acids is 1.